The molecule has 0 spiro atoms. The lowest BCUT2D eigenvalue weighted by atomic mass is 9.99. The standard InChI is InChI=1S/C14H20N2O2/c1-4-10-6-9(3)7-11(5-2)14(10)16-13(18)8-12(15)17/h6-7H,4-5,8H2,1-3H3,(H2,15,17)(H,16,18). The number of anilines is 1. The Hall–Kier alpha value is -1.84. The van der Waals surface area contributed by atoms with Crippen LogP contribution in [0.3, 0.4) is 0 Å². The zero-order valence-corrected chi connectivity index (χ0v) is 11.2. The van der Waals surface area contributed by atoms with Gasteiger partial charge in [-0.1, -0.05) is 31.5 Å². The summed E-state index contributed by atoms with van der Waals surface area (Å²) in [5.41, 5.74) is 9.20. The van der Waals surface area contributed by atoms with Gasteiger partial charge in [-0.2, -0.15) is 0 Å². The zero-order valence-electron chi connectivity index (χ0n) is 11.2. The maximum Gasteiger partial charge on any atom is 0.233 e. The van der Waals surface area contributed by atoms with Crippen LogP contribution in [0.1, 0.15) is 37.0 Å². The molecule has 0 saturated carbocycles. The third kappa shape index (κ3) is 3.58. The van der Waals surface area contributed by atoms with Crippen LogP contribution >= 0.6 is 0 Å². The summed E-state index contributed by atoms with van der Waals surface area (Å²) < 4.78 is 0. The minimum atomic E-state index is -0.615. The number of benzene rings is 1. The van der Waals surface area contributed by atoms with Gasteiger partial charge in [0, 0.05) is 5.69 Å². The molecule has 0 saturated heterocycles. The van der Waals surface area contributed by atoms with Gasteiger partial charge in [-0.25, -0.2) is 0 Å². The molecule has 0 aromatic heterocycles. The normalized spacial score (nSPS) is 10.2. The van der Waals surface area contributed by atoms with Crippen LogP contribution in [-0.2, 0) is 22.4 Å². The van der Waals surface area contributed by atoms with Crippen molar-refractivity contribution in [2.45, 2.75) is 40.0 Å². The van der Waals surface area contributed by atoms with Gasteiger partial charge in [0.2, 0.25) is 11.8 Å². The van der Waals surface area contributed by atoms with Gasteiger partial charge < -0.3 is 11.1 Å². The first-order valence-corrected chi connectivity index (χ1v) is 6.18. The number of carbonyl (C=O) groups is 2. The second kappa shape index (κ2) is 6.19. The molecule has 0 heterocycles. The number of carbonyl (C=O) groups excluding carboxylic acids is 2. The first kappa shape index (κ1) is 14.2. The van der Waals surface area contributed by atoms with Crippen molar-refractivity contribution >= 4 is 17.5 Å². The summed E-state index contributed by atoms with van der Waals surface area (Å²) in [4.78, 5) is 22.4. The summed E-state index contributed by atoms with van der Waals surface area (Å²) in [5, 5.41) is 2.80. The fourth-order valence-electron chi connectivity index (χ4n) is 2.00. The molecule has 1 rings (SSSR count). The van der Waals surface area contributed by atoms with Gasteiger partial charge in [-0.3, -0.25) is 9.59 Å². The highest BCUT2D eigenvalue weighted by Crippen LogP contribution is 2.24. The Balaban J connectivity index is 3.05. The third-order valence-corrected chi connectivity index (χ3v) is 2.81. The molecule has 0 aliphatic carbocycles. The van der Waals surface area contributed by atoms with Crippen LogP contribution in [0.5, 0.6) is 0 Å². The number of hydrogen-bond acceptors (Lipinski definition) is 2. The molecule has 0 aliphatic rings. The maximum absolute atomic E-state index is 11.6. The van der Waals surface area contributed by atoms with E-state index in [2.05, 4.69) is 17.4 Å². The first-order valence-electron chi connectivity index (χ1n) is 6.18. The second-order valence-corrected chi connectivity index (χ2v) is 4.36. The quantitative estimate of drug-likeness (QED) is 0.781. The fraction of sp³-hybridized carbons (Fsp3) is 0.429. The Kier molecular flexibility index (Phi) is 4.89. The van der Waals surface area contributed by atoms with E-state index in [4.69, 9.17) is 5.73 Å². The lowest BCUT2D eigenvalue weighted by molar-refractivity contribution is -0.124. The van der Waals surface area contributed by atoms with E-state index < -0.39 is 5.91 Å². The highest BCUT2D eigenvalue weighted by atomic mass is 16.2. The summed E-state index contributed by atoms with van der Waals surface area (Å²) in [6.45, 7) is 6.11. The molecule has 18 heavy (non-hydrogen) atoms. The third-order valence-electron chi connectivity index (χ3n) is 2.81. The van der Waals surface area contributed by atoms with Gasteiger partial charge >= 0.3 is 0 Å². The topological polar surface area (TPSA) is 72.2 Å². The van der Waals surface area contributed by atoms with Crippen molar-refractivity contribution in [1.82, 2.24) is 0 Å². The van der Waals surface area contributed by atoms with Gasteiger partial charge in [-0.15, -0.1) is 0 Å². The van der Waals surface area contributed by atoms with E-state index >= 15 is 0 Å². The first-order chi connectivity index (χ1) is 8.47. The number of nitrogens with one attached hydrogen (secondary N) is 1. The van der Waals surface area contributed by atoms with Crippen molar-refractivity contribution in [3.63, 3.8) is 0 Å². The molecular weight excluding hydrogens is 228 g/mol. The highest BCUT2D eigenvalue weighted by molar-refractivity contribution is 6.03. The van der Waals surface area contributed by atoms with Crippen LogP contribution in [0.15, 0.2) is 12.1 Å². The molecule has 1 aromatic rings. The average Bonchev–Trinajstić information content (AvgIpc) is 2.29. The summed E-state index contributed by atoms with van der Waals surface area (Å²) in [6.07, 6.45) is 1.39. The van der Waals surface area contributed by atoms with Crippen LogP contribution < -0.4 is 11.1 Å². The molecule has 0 bridgehead atoms. The van der Waals surface area contributed by atoms with E-state index in [-0.39, 0.29) is 12.3 Å². The van der Waals surface area contributed by atoms with Crippen molar-refractivity contribution in [3.8, 4) is 0 Å². The average molecular weight is 248 g/mol. The fourth-order valence-corrected chi connectivity index (χ4v) is 2.00. The van der Waals surface area contributed by atoms with Gasteiger partial charge in [-0.05, 0) is 30.9 Å². The van der Waals surface area contributed by atoms with E-state index in [1.165, 1.54) is 5.56 Å². The number of amides is 2. The van der Waals surface area contributed by atoms with E-state index in [1.54, 1.807) is 0 Å². The smallest absolute Gasteiger partial charge is 0.233 e. The van der Waals surface area contributed by atoms with Crippen molar-refractivity contribution in [3.05, 3.63) is 28.8 Å². The number of rotatable bonds is 5. The summed E-state index contributed by atoms with van der Waals surface area (Å²) in [7, 11) is 0. The summed E-state index contributed by atoms with van der Waals surface area (Å²) >= 11 is 0. The van der Waals surface area contributed by atoms with Crippen LogP contribution in [0.2, 0.25) is 0 Å². The molecule has 4 nitrogen and oxygen atoms in total. The maximum atomic E-state index is 11.6. The molecule has 4 heteroatoms. The van der Waals surface area contributed by atoms with Gasteiger partial charge in [0.1, 0.15) is 6.42 Å². The second-order valence-electron chi connectivity index (χ2n) is 4.36. The minimum Gasteiger partial charge on any atom is -0.369 e. The Morgan fingerprint density at radius 1 is 1.17 bits per heavy atom. The monoisotopic (exact) mass is 248 g/mol. The largest absolute Gasteiger partial charge is 0.369 e. The minimum absolute atomic E-state index is 0.278. The van der Waals surface area contributed by atoms with Crippen molar-refractivity contribution < 1.29 is 9.59 Å². The molecule has 1 aromatic carbocycles. The Morgan fingerprint density at radius 2 is 1.67 bits per heavy atom. The predicted octanol–water partition coefficient (Wildman–Crippen LogP) is 1.93. The number of primary amides is 1. The SMILES string of the molecule is CCc1cc(C)cc(CC)c1NC(=O)CC(N)=O. The Morgan fingerprint density at radius 3 is 2.06 bits per heavy atom. The molecule has 0 aliphatic heterocycles. The molecule has 2 amide bonds. The molecule has 0 unspecified atom stereocenters. The van der Waals surface area contributed by atoms with E-state index in [9.17, 15) is 9.59 Å². The Bertz CT molecular complexity index is 442. The summed E-state index contributed by atoms with van der Waals surface area (Å²) in [5.74, 6) is -0.966. The molecule has 98 valence electrons. The van der Waals surface area contributed by atoms with Crippen LogP contribution in [0, 0.1) is 6.92 Å². The molecular formula is C14H20N2O2. The van der Waals surface area contributed by atoms with Gasteiger partial charge in [0.05, 0.1) is 0 Å². The molecule has 0 fully saturated rings. The van der Waals surface area contributed by atoms with Crippen molar-refractivity contribution in [2.75, 3.05) is 5.32 Å². The van der Waals surface area contributed by atoms with Crippen molar-refractivity contribution in [2.24, 2.45) is 5.73 Å². The predicted molar refractivity (Wildman–Crippen MR) is 72.4 cm³/mol. The van der Waals surface area contributed by atoms with Crippen LogP contribution in [0.25, 0.3) is 0 Å². The highest BCUT2D eigenvalue weighted by Gasteiger charge is 2.12. The van der Waals surface area contributed by atoms with Crippen molar-refractivity contribution in [1.29, 1.82) is 0 Å². The number of nitrogens with two attached hydrogens (primary N) is 1. The van der Waals surface area contributed by atoms with E-state index in [0.717, 1.165) is 29.7 Å². The lowest BCUT2D eigenvalue weighted by Crippen LogP contribution is -2.22. The lowest BCUT2D eigenvalue weighted by Gasteiger charge is -2.15. The van der Waals surface area contributed by atoms with Gasteiger partial charge in [0.15, 0.2) is 0 Å². The Labute approximate surface area is 108 Å². The molecule has 3 N–H and O–H groups in total. The van der Waals surface area contributed by atoms with Crippen LogP contribution in [-0.4, -0.2) is 11.8 Å². The molecule has 0 radical (unpaired) electrons. The summed E-state index contributed by atoms with van der Waals surface area (Å²) in [6, 6.07) is 4.11. The van der Waals surface area contributed by atoms with E-state index in [1.807, 2.05) is 20.8 Å². The zero-order chi connectivity index (χ0) is 13.7. The van der Waals surface area contributed by atoms with Gasteiger partial charge in [0.25, 0.3) is 0 Å². The van der Waals surface area contributed by atoms with Crippen LogP contribution in [0.4, 0.5) is 5.69 Å². The number of aryl methyl sites for hydroxylation is 3. The number of hydrogen-bond donors (Lipinski definition) is 2. The van der Waals surface area contributed by atoms with E-state index in [0.29, 0.717) is 0 Å². The molecule has 0 atom stereocenters.